The van der Waals surface area contributed by atoms with Crippen molar-refractivity contribution >= 4 is 16.9 Å². The van der Waals surface area contributed by atoms with Gasteiger partial charge in [0.05, 0.1) is 10.9 Å². The second kappa shape index (κ2) is 5.72. The van der Waals surface area contributed by atoms with Gasteiger partial charge < -0.3 is 10.6 Å². The van der Waals surface area contributed by atoms with E-state index in [4.69, 9.17) is 0 Å². The van der Waals surface area contributed by atoms with Crippen LogP contribution in [0.5, 0.6) is 0 Å². The highest BCUT2D eigenvalue weighted by molar-refractivity contribution is 5.96. The molecule has 3 heterocycles. The molecular formula is C14H17N5O3. The van der Waals surface area contributed by atoms with Crippen molar-refractivity contribution < 1.29 is 4.79 Å². The van der Waals surface area contributed by atoms with Crippen molar-refractivity contribution in [2.24, 2.45) is 0 Å². The topological polar surface area (TPSA) is 120 Å². The Bertz CT molecular complexity index is 825. The molecule has 8 heteroatoms. The van der Waals surface area contributed by atoms with E-state index >= 15 is 0 Å². The number of carbonyl (C=O) groups is 1. The molecule has 0 saturated carbocycles. The molecule has 3 rings (SSSR count). The molecule has 2 aromatic heterocycles. The van der Waals surface area contributed by atoms with Crippen LogP contribution in [0.4, 0.5) is 0 Å². The summed E-state index contributed by atoms with van der Waals surface area (Å²) in [4.78, 5) is 43.8. The van der Waals surface area contributed by atoms with Crippen LogP contribution in [0.2, 0.25) is 0 Å². The van der Waals surface area contributed by atoms with Crippen molar-refractivity contribution in [3.8, 4) is 0 Å². The molecule has 4 N–H and O–H groups in total. The number of fused-ring (bicyclic) bond motifs is 1. The van der Waals surface area contributed by atoms with Crippen molar-refractivity contribution in [3.63, 3.8) is 0 Å². The minimum atomic E-state index is -0.621. The van der Waals surface area contributed by atoms with Gasteiger partial charge in [0.15, 0.2) is 0 Å². The lowest BCUT2D eigenvalue weighted by molar-refractivity contribution is 0.0919. The molecule has 0 aromatic carbocycles. The first kappa shape index (κ1) is 14.5. The number of hydrogen-bond acceptors (Lipinski definition) is 5. The number of carbonyl (C=O) groups excluding carboxylic acids is 1. The molecule has 1 saturated heterocycles. The van der Waals surface area contributed by atoms with Gasteiger partial charge in [0.25, 0.3) is 11.5 Å². The summed E-state index contributed by atoms with van der Waals surface area (Å²) in [6, 6.07) is 1.68. The molecule has 1 aliphatic rings. The average molecular weight is 303 g/mol. The third-order valence-electron chi connectivity index (χ3n) is 3.93. The Hall–Kier alpha value is -2.48. The summed E-state index contributed by atoms with van der Waals surface area (Å²) in [5, 5.41) is 6.45. The van der Waals surface area contributed by atoms with Crippen LogP contribution in [0.1, 0.15) is 30.1 Å². The summed E-state index contributed by atoms with van der Waals surface area (Å²) in [6.07, 6.45) is 3.27. The molecule has 0 radical (unpaired) electrons. The Morgan fingerprint density at radius 2 is 2.18 bits per heavy atom. The quantitative estimate of drug-likeness (QED) is 0.595. The Balaban J connectivity index is 1.88. The van der Waals surface area contributed by atoms with Gasteiger partial charge in [-0.1, -0.05) is 0 Å². The van der Waals surface area contributed by atoms with Gasteiger partial charge in [0.2, 0.25) is 0 Å². The number of nitrogens with one attached hydrogen (secondary N) is 4. The maximum atomic E-state index is 12.3. The summed E-state index contributed by atoms with van der Waals surface area (Å²) >= 11 is 0. The summed E-state index contributed by atoms with van der Waals surface area (Å²) in [7, 11) is 0. The standard InChI is InChI=1S/C14H17N5O3/c1-7-10(3-2-4-15-7)17-12(20)8-5-9-11(16-6-8)18-14(22)19-13(9)21/h5-7,10,15H,2-4H2,1H3,(H,17,20)(H2,16,18,19,21,22). The Morgan fingerprint density at radius 3 is 2.95 bits per heavy atom. The van der Waals surface area contributed by atoms with E-state index in [0.29, 0.717) is 5.56 Å². The third kappa shape index (κ3) is 2.77. The summed E-state index contributed by atoms with van der Waals surface area (Å²) in [6.45, 7) is 2.98. The number of aromatic nitrogens is 3. The van der Waals surface area contributed by atoms with Crippen molar-refractivity contribution in [1.29, 1.82) is 0 Å². The van der Waals surface area contributed by atoms with Crippen molar-refractivity contribution in [1.82, 2.24) is 25.6 Å². The number of hydrogen-bond donors (Lipinski definition) is 4. The van der Waals surface area contributed by atoms with Gasteiger partial charge in [-0.25, -0.2) is 9.78 Å². The number of aromatic amines is 2. The third-order valence-corrected chi connectivity index (χ3v) is 3.93. The number of H-pyrrole nitrogens is 2. The minimum Gasteiger partial charge on any atom is -0.348 e. The van der Waals surface area contributed by atoms with Crippen LogP contribution in [0.15, 0.2) is 21.9 Å². The zero-order valence-electron chi connectivity index (χ0n) is 12.1. The van der Waals surface area contributed by atoms with E-state index < -0.39 is 11.2 Å². The van der Waals surface area contributed by atoms with Crippen LogP contribution in [-0.4, -0.2) is 39.5 Å². The first-order valence-corrected chi connectivity index (χ1v) is 7.21. The first-order valence-electron chi connectivity index (χ1n) is 7.21. The molecule has 1 fully saturated rings. The smallest absolute Gasteiger partial charge is 0.327 e. The van der Waals surface area contributed by atoms with Crippen LogP contribution in [0.3, 0.4) is 0 Å². The van der Waals surface area contributed by atoms with E-state index in [1.165, 1.54) is 12.3 Å². The molecule has 1 amide bonds. The monoisotopic (exact) mass is 303 g/mol. The average Bonchev–Trinajstić information content (AvgIpc) is 2.49. The Morgan fingerprint density at radius 1 is 1.36 bits per heavy atom. The van der Waals surface area contributed by atoms with Gasteiger partial charge in [-0.2, -0.15) is 0 Å². The van der Waals surface area contributed by atoms with Crippen LogP contribution in [0, 0.1) is 0 Å². The van der Waals surface area contributed by atoms with Crippen LogP contribution < -0.4 is 21.9 Å². The molecule has 2 atom stereocenters. The van der Waals surface area contributed by atoms with E-state index in [9.17, 15) is 14.4 Å². The van der Waals surface area contributed by atoms with E-state index in [-0.39, 0.29) is 29.0 Å². The molecule has 116 valence electrons. The van der Waals surface area contributed by atoms with E-state index in [0.717, 1.165) is 19.4 Å². The fraction of sp³-hybridized carbons (Fsp3) is 0.429. The van der Waals surface area contributed by atoms with Crippen molar-refractivity contribution in [2.45, 2.75) is 31.8 Å². The van der Waals surface area contributed by atoms with Gasteiger partial charge >= 0.3 is 5.69 Å². The summed E-state index contributed by atoms with van der Waals surface area (Å²) < 4.78 is 0. The second-order valence-electron chi connectivity index (χ2n) is 5.49. The summed E-state index contributed by atoms with van der Waals surface area (Å²) in [5.41, 5.74) is -0.723. The first-order chi connectivity index (χ1) is 10.5. The highest BCUT2D eigenvalue weighted by Gasteiger charge is 2.23. The van der Waals surface area contributed by atoms with Gasteiger partial charge in [0.1, 0.15) is 5.65 Å². The Kier molecular flexibility index (Phi) is 3.76. The molecule has 2 unspecified atom stereocenters. The highest BCUT2D eigenvalue weighted by Crippen LogP contribution is 2.10. The number of pyridine rings is 1. The lowest BCUT2D eigenvalue weighted by atomic mass is 9.99. The molecule has 0 aliphatic carbocycles. The maximum Gasteiger partial charge on any atom is 0.327 e. The molecule has 0 bridgehead atoms. The van der Waals surface area contributed by atoms with Crippen molar-refractivity contribution in [3.05, 3.63) is 38.7 Å². The normalized spacial score (nSPS) is 21.7. The van der Waals surface area contributed by atoms with Crippen LogP contribution in [-0.2, 0) is 0 Å². The maximum absolute atomic E-state index is 12.3. The predicted octanol–water partition coefficient (Wildman–Crippen LogP) is -0.518. The number of amides is 1. The van der Waals surface area contributed by atoms with Gasteiger partial charge in [-0.3, -0.25) is 19.6 Å². The number of rotatable bonds is 2. The van der Waals surface area contributed by atoms with E-state index in [1.807, 2.05) is 6.92 Å². The minimum absolute atomic E-state index is 0.0470. The molecular weight excluding hydrogens is 286 g/mol. The van der Waals surface area contributed by atoms with E-state index in [1.54, 1.807) is 0 Å². The molecule has 1 aliphatic heterocycles. The summed E-state index contributed by atoms with van der Waals surface area (Å²) in [5.74, 6) is -0.277. The Labute approximate surface area is 125 Å². The molecule has 2 aromatic rings. The highest BCUT2D eigenvalue weighted by atomic mass is 16.2. The van der Waals surface area contributed by atoms with Crippen LogP contribution >= 0.6 is 0 Å². The fourth-order valence-electron chi connectivity index (χ4n) is 2.66. The fourth-order valence-corrected chi connectivity index (χ4v) is 2.66. The van der Waals surface area contributed by atoms with E-state index in [2.05, 4.69) is 25.6 Å². The molecule has 0 spiro atoms. The van der Waals surface area contributed by atoms with Gasteiger partial charge in [-0.05, 0) is 32.4 Å². The number of piperidine rings is 1. The van der Waals surface area contributed by atoms with Gasteiger partial charge in [-0.15, -0.1) is 0 Å². The largest absolute Gasteiger partial charge is 0.348 e. The van der Waals surface area contributed by atoms with Crippen LogP contribution in [0.25, 0.3) is 11.0 Å². The molecule has 8 nitrogen and oxygen atoms in total. The molecule has 22 heavy (non-hydrogen) atoms. The predicted molar refractivity (Wildman–Crippen MR) is 80.9 cm³/mol. The zero-order valence-corrected chi connectivity index (χ0v) is 12.1. The van der Waals surface area contributed by atoms with Gasteiger partial charge in [0, 0.05) is 18.3 Å². The SMILES string of the molecule is CC1NCCCC1NC(=O)c1cnc2[nH]c(=O)[nH]c(=O)c2c1. The lowest BCUT2D eigenvalue weighted by Gasteiger charge is -2.30. The zero-order chi connectivity index (χ0) is 15.7. The number of nitrogens with zero attached hydrogens (tertiary/aromatic N) is 1. The van der Waals surface area contributed by atoms with Crippen molar-refractivity contribution in [2.75, 3.05) is 6.54 Å². The second-order valence-corrected chi connectivity index (χ2v) is 5.49. The lowest BCUT2D eigenvalue weighted by Crippen LogP contribution is -2.51.